The Morgan fingerprint density at radius 1 is 1.35 bits per heavy atom. The van der Waals surface area contributed by atoms with Gasteiger partial charge < -0.3 is 15.4 Å². The van der Waals surface area contributed by atoms with Crippen LogP contribution in [-0.4, -0.2) is 22.3 Å². The van der Waals surface area contributed by atoms with Gasteiger partial charge in [-0.15, -0.1) is 0 Å². The molecule has 4 N–H and O–H groups in total. The van der Waals surface area contributed by atoms with Crippen LogP contribution in [0.15, 0.2) is 39.6 Å². The topological polar surface area (TPSA) is 109 Å². The Balaban J connectivity index is 2.11. The fraction of sp³-hybridized carbons (Fsp3) is 0.286. The number of nitrogens with two attached hydrogens (primary N) is 1. The van der Waals surface area contributed by atoms with Crippen LogP contribution in [0.3, 0.4) is 0 Å². The van der Waals surface area contributed by atoms with Crippen LogP contribution in [0.2, 0.25) is 0 Å². The highest BCUT2D eigenvalue weighted by Gasteiger charge is 2.16. The van der Waals surface area contributed by atoms with E-state index in [9.17, 15) is 9.59 Å². The minimum Gasteiger partial charge on any atom is -0.480 e. The van der Waals surface area contributed by atoms with Gasteiger partial charge in [0.1, 0.15) is 6.04 Å². The maximum Gasteiger partial charge on any atom is 0.320 e. The van der Waals surface area contributed by atoms with Gasteiger partial charge in [-0.3, -0.25) is 9.59 Å². The highest BCUT2D eigenvalue weighted by atomic mass is 16.5. The van der Waals surface area contributed by atoms with Crippen molar-refractivity contribution < 1.29 is 14.4 Å². The van der Waals surface area contributed by atoms with Crippen LogP contribution in [0.1, 0.15) is 18.4 Å². The fourth-order valence-corrected chi connectivity index (χ4v) is 2.00. The molecule has 20 heavy (non-hydrogen) atoms. The molecule has 1 aromatic carbocycles. The lowest BCUT2D eigenvalue weighted by molar-refractivity contribution is -0.138. The Hall–Kier alpha value is -2.34. The minimum atomic E-state index is -1.03. The van der Waals surface area contributed by atoms with Gasteiger partial charge >= 0.3 is 5.97 Å². The van der Waals surface area contributed by atoms with E-state index < -0.39 is 12.0 Å². The smallest absolute Gasteiger partial charge is 0.320 e. The summed E-state index contributed by atoms with van der Waals surface area (Å²) in [4.78, 5) is 22.4. The number of hydrogen-bond donors (Lipinski definition) is 3. The van der Waals surface area contributed by atoms with Gasteiger partial charge in [0.25, 0.3) is 5.56 Å². The molecule has 0 aliphatic rings. The molecule has 0 aliphatic heterocycles. The molecule has 2 rings (SSSR count). The lowest BCUT2D eigenvalue weighted by Crippen LogP contribution is -2.30. The normalized spacial score (nSPS) is 12.2. The summed E-state index contributed by atoms with van der Waals surface area (Å²) in [5, 5.41) is 11.0. The summed E-state index contributed by atoms with van der Waals surface area (Å²) in [6.45, 7) is 0. The second-order valence-electron chi connectivity index (χ2n) is 4.54. The Morgan fingerprint density at radius 3 is 2.70 bits per heavy atom. The summed E-state index contributed by atoms with van der Waals surface area (Å²) in [5.74, 6) is -0.533. The largest absolute Gasteiger partial charge is 0.480 e. The molecule has 1 atom stereocenters. The number of aliphatic carboxylic acids is 1. The molecule has 0 saturated heterocycles. The first-order valence-electron chi connectivity index (χ1n) is 6.33. The Morgan fingerprint density at radius 2 is 2.05 bits per heavy atom. The number of carboxylic acid groups (broad SMARTS) is 1. The molecular weight excluding hydrogens is 260 g/mol. The first-order valence-corrected chi connectivity index (χ1v) is 6.33. The number of hydrogen-bond acceptors (Lipinski definition) is 4. The van der Waals surface area contributed by atoms with E-state index in [1.54, 1.807) is 0 Å². The van der Waals surface area contributed by atoms with Gasteiger partial charge in [-0.05, 0) is 19.3 Å². The summed E-state index contributed by atoms with van der Waals surface area (Å²) < 4.78 is 5.20. The molecule has 0 fully saturated rings. The van der Waals surface area contributed by atoms with Crippen molar-refractivity contribution in [1.82, 2.24) is 5.16 Å². The molecule has 0 spiro atoms. The zero-order valence-electron chi connectivity index (χ0n) is 10.8. The number of nitrogens with one attached hydrogen (secondary N) is 1. The van der Waals surface area contributed by atoms with E-state index in [2.05, 4.69) is 5.16 Å². The second kappa shape index (κ2) is 6.21. The Kier molecular flexibility index (Phi) is 4.37. The number of carbonyl (C=O) groups is 1. The lowest BCUT2D eigenvalue weighted by Gasteiger charge is -2.05. The van der Waals surface area contributed by atoms with E-state index in [1.165, 1.54) is 0 Å². The van der Waals surface area contributed by atoms with Crippen LogP contribution in [0.4, 0.5) is 0 Å². The van der Waals surface area contributed by atoms with E-state index in [1.807, 2.05) is 30.3 Å². The van der Waals surface area contributed by atoms with Crippen molar-refractivity contribution in [3.8, 4) is 11.3 Å². The van der Waals surface area contributed by atoms with E-state index in [-0.39, 0.29) is 5.56 Å². The number of carboxylic acids is 1. The van der Waals surface area contributed by atoms with E-state index in [4.69, 9.17) is 15.4 Å². The molecule has 1 aromatic heterocycles. The zero-order valence-corrected chi connectivity index (χ0v) is 10.8. The highest BCUT2D eigenvalue weighted by molar-refractivity contribution is 5.72. The van der Waals surface area contributed by atoms with Crippen LogP contribution >= 0.6 is 0 Å². The third kappa shape index (κ3) is 3.16. The maximum absolute atomic E-state index is 11.7. The van der Waals surface area contributed by atoms with Crippen molar-refractivity contribution in [3.05, 3.63) is 46.2 Å². The van der Waals surface area contributed by atoms with Crippen molar-refractivity contribution in [2.75, 3.05) is 0 Å². The van der Waals surface area contributed by atoms with E-state index in [0.29, 0.717) is 30.6 Å². The van der Waals surface area contributed by atoms with Gasteiger partial charge in [0.15, 0.2) is 5.76 Å². The number of aromatic nitrogens is 1. The number of aromatic amines is 1. The average Bonchev–Trinajstić information content (AvgIpc) is 2.81. The van der Waals surface area contributed by atoms with Crippen molar-refractivity contribution in [2.45, 2.75) is 25.3 Å². The molecule has 1 unspecified atom stereocenters. The Labute approximate surface area is 115 Å². The second-order valence-corrected chi connectivity index (χ2v) is 4.54. The van der Waals surface area contributed by atoms with Crippen molar-refractivity contribution >= 4 is 5.97 Å². The molecule has 0 bridgehead atoms. The highest BCUT2D eigenvalue weighted by Crippen LogP contribution is 2.22. The molecule has 0 aliphatic carbocycles. The molecular formula is C14H16N2O4. The van der Waals surface area contributed by atoms with Crippen LogP contribution < -0.4 is 11.3 Å². The zero-order chi connectivity index (χ0) is 14.5. The number of H-pyrrole nitrogens is 1. The fourth-order valence-electron chi connectivity index (χ4n) is 2.00. The predicted molar refractivity (Wildman–Crippen MR) is 73.3 cm³/mol. The van der Waals surface area contributed by atoms with Gasteiger partial charge in [0.05, 0.1) is 5.56 Å². The minimum absolute atomic E-state index is 0.284. The third-order valence-corrected chi connectivity index (χ3v) is 3.09. The monoisotopic (exact) mass is 276 g/mol. The molecule has 106 valence electrons. The molecule has 2 aromatic rings. The van der Waals surface area contributed by atoms with Gasteiger partial charge in [0, 0.05) is 5.56 Å². The lowest BCUT2D eigenvalue weighted by atomic mass is 10.0. The average molecular weight is 276 g/mol. The summed E-state index contributed by atoms with van der Waals surface area (Å²) in [5.41, 5.74) is 6.48. The molecule has 0 amide bonds. The summed E-state index contributed by atoms with van der Waals surface area (Å²) in [7, 11) is 0. The molecule has 1 heterocycles. The third-order valence-electron chi connectivity index (χ3n) is 3.09. The summed E-state index contributed by atoms with van der Waals surface area (Å²) >= 11 is 0. The number of rotatable bonds is 6. The first kappa shape index (κ1) is 14.1. The maximum atomic E-state index is 11.7. The van der Waals surface area contributed by atoms with Crippen molar-refractivity contribution in [3.63, 3.8) is 0 Å². The van der Waals surface area contributed by atoms with Gasteiger partial charge in [-0.25, -0.2) is 0 Å². The molecule has 0 radical (unpaired) electrons. The standard InChI is InChI=1S/C14H16N2O4/c15-11(14(18)19)8-4-7-10-12(20-16-13(10)17)9-5-2-1-3-6-9/h1-3,5-6,11H,4,7-8,15H2,(H,16,17)(H,18,19). The summed E-state index contributed by atoms with van der Waals surface area (Å²) in [6.07, 6.45) is 1.25. The summed E-state index contributed by atoms with van der Waals surface area (Å²) in [6, 6.07) is 8.37. The molecule has 0 saturated carbocycles. The van der Waals surface area contributed by atoms with Gasteiger partial charge in [-0.1, -0.05) is 30.3 Å². The van der Waals surface area contributed by atoms with Crippen LogP contribution in [0.25, 0.3) is 11.3 Å². The molecule has 6 heteroatoms. The van der Waals surface area contributed by atoms with Crippen LogP contribution in [0.5, 0.6) is 0 Å². The van der Waals surface area contributed by atoms with Crippen LogP contribution in [0, 0.1) is 0 Å². The predicted octanol–water partition coefficient (Wildman–Crippen LogP) is 1.37. The van der Waals surface area contributed by atoms with E-state index in [0.717, 1.165) is 5.56 Å². The van der Waals surface area contributed by atoms with Crippen LogP contribution in [-0.2, 0) is 11.2 Å². The SMILES string of the molecule is NC(CCCc1c(-c2ccccc2)o[nH]c1=O)C(=O)O. The van der Waals surface area contributed by atoms with Gasteiger partial charge in [-0.2, -0.15) is 5.16 Å². The van der Waals surface area contributed by atoms with Crippen molar-refractivity contribution in [2.24, 2.45) is 5.73 Å². The Bertz CT molecular complexity index is 630. The van der Waals surface area contributed by atoms with Crippen molar-refractivity contribution in [1.29, 1.82) is 0 Å². The number of benzene rings is 1. The van der Waals surface area contributed by atoms with Gasteiger partial charge in [0.2, 0.25) is 0 Å². The quantitative estimate of drug-likeness (QED) is 0.738. The first-order chi connectivity index (χ1) is 9.59. The molecule has 6 nitrogen and oxygen atoms in total. The van der Waals surface area contributed by atoms with E-state index >= 15 is 0 Å².